The van der Waals surface area contributed by atoms with Crippen LogP contribution in [0.2, 0.25) is 0 Å². The topological polar surface area (TPSA) is 55.6 Å². The van der Waals surface area contributed by atoms with E-state index in [-0.39, 0.29) is 12.5 Å². The number of hydrogen-bond acceptors (Lipinski definition) is 3. The molecular weight excluding hydrogens is 386 g/mol. The van der Waals surface area contributed by atoms with Crippen molar-refractivity contribution in [2.75, 3.05) is 6.61 Å². The lowest BCUT2D eigenvalue weighted by atomic mass is 10.1. The van der Waals surface area contributed by atoms with Gasteiger partial charge in [0.05, 0.1) is 6.21 Å². The van der Waals surface area contributed by atoms with Gasteiger partial charge in [-0.25, -0.2) is 5.43 Å². The molecule has 0 unspecified atom stereocenters. The number of aryl methyl sites for hydroxylation is 1. The van der Waals surface area contributed by atoms with Crippen LogP contribution >= 0.6 is 0 Å². The Balaban J connectivity index is 1.43. The summed E-state index contributed by atoms with van der Waals surface area (Å²) in [4.78, 5) is 12.2. The summed E-state index contributed by atoms with van der Waals surface area (Å²) >= 11 is 0. The summed E-state index contributed by atoms with van der Waals surface area (Å²) in [5.41, 5.74) is 8.01. The minimum absolute atomic E-state index is 0.0859. The molecule has 0 aliphatic carbocycles. The van der Waals surface area contributed by atoms with Gasteiger partial charge >= 0.3 is 0 Å². The molecule has 1 amide bonds. The third-order valence-electron chi connectivity index (χ3n) is 5.32. The standard InChI is InChI=1S/C26H25N3O2/c1-19-9-8-14-25(20(19)2)31-18-26(30)28-27-15-22-17-29(16-21-10-4-3-5-11-21)24-13-7-6-12-23(22)24/h3-15,17H,16,18H2,1-2H3,(H,28,30)/b27-15+. The molecule has 0 radical (unpaired) electrons. The zero-order chi connectivity index (χ0) is 21.6. The van der Waals surface area contributed by atoms with E-state index in [9.17, 15) is 4.79 Å². The van der Waals surface area contributed by atoms with Crippen molar-refractivity contribution in [1.82, 2.24) is 9.99 Å². The SMILES string of the molecule is Cc1cccc(OCC(=O)N/N=C/c2cn(Cc3ccccc3)c3ccccc23)c1C. The summed E-state index contributed by atoms with van der Waals surface area (Å²) in [6, 6.07) is 24.3. The maximum absolute atomic E-state index is 12.2. The molecule has 5 nitrogen and oxygen atoms in total. The van der Waals surface area contributed by atoms with Gasteiger partial charge in [-0.2, -0.15) is 5.10 Å². The molecule has 0 aliphatic rings. The largest absolute Gasteiger partial charge is 0.483 e. The normalized spacial score (nSPS) is 11.2. The number of nitrogens with one attached hydrogen (secondary N) is 1. The van der Waals surface area contributed by atoms with E-state index in [1.54, 1.807) is 6.21 Å². The maximum Gasteiger partial charge on any atom is 0.277 e. The fraction of sp³-hybridized carbons (Fsp3) is 0.154. The fourth-order valence-corrected chi connectivity index (χ4v) is 3.52. The first-order chi connectivity index (χ1) is 15.1. The van der Waals surface area contributed by atoms with Crippen LogP contribution in [0.4, 0.5) is 0 Å². The van der Waals surface area contributed by atoms with E-state index in [1.165, 1.54) is 5.56 Å². The molecule has 0 fully saturated rings. The Bertz CT molecular complexity index is 1230. The van der Waals surface area contributed by atoms with Gasteiger partial charge in [0.15, 0.2) is 6.61 Å². The number of amides is 1. The second kappa shape index (κ2) is 9.30. The third-order valence-corrected chi connectivity index (χ3v) is 5.32. The molecule has 0 bridgehead atoms. The van der Waals surface area contributed by atoms with Gasteiger partial charge in [-0.05, 0) is 42.7 Å². The van der Waals surface area contributed by atoms with Crippen LogP contribution in [0.5, 0.6) is 5.75 Å². The molecule has 0 saturated heterocycles. The zero-order valence-corrected chi connectivity index (χ0v) is 17.7. The van der Waals surface area contributed by atoms with E-state index in [0.29, 0.717) is 5.75 Å². The van der Waals surface area contributed by atoms with E-state index in [1.807, 2.05) is 62.4 Å². The summed E-state index contributed by atoms with van der Waals surface area (Å²) in [6.45, 7) is 4.68. The first-order valence-corrected chi connectivity index (χ1v) is 10.2. The highest BCUT2D eigenvalue weighted by atomic mass is 16.5. The van der Waals surface area contributed by atoms with Crippen molar-refractivity contribution in [2.24, 2.45) is 5.10 Å². The molecule has 1 N–H and O–H groups in total. The van der Waals surface area contributed by atoms with Gasteiger partial charge in [-0.1, -0.05) is 60.7 Å². The number of ether oxygens (including phenoxy) is 1. The minimum atomic E-state index is -0.301. The fourth-order valence-electron chi connectivity index (χ4n) is 3.52. The summed E-state index contributed by atoms with van der Waals surface area (Å²) in [5.74, 6) is 0.410. The smallest absolute Gasteiger partial charge is 0.277 e. The van der Waals surface area contributed by atoms with Crippen molar-refractivity contribution in [3.05, 3.63) is 101 Å². The van der Waals surface area contributed by atoms with E-state index in [0.717, 1.165) is 34.1 Å². The lowest BCUT2D eigenvalue weighted by Gasteiger charge is -2.09. The van der Waals surface area contributed by atoms with Gasteiger partial charge in [0.25, 0.3) is 5.91 Å². The van der Waals surface area contributed by atoms with Gasteiger partial charge in [0, 0.05) is 29.2 Å². The second-order valence-corrected chi connectivity index (χ2v) is 7.49. The highest BCUT2D eigenvalue weighted by Gasteiger charge is 2.08. The van der Waals surface area contributed by atoms with Crippen LogP contribution in [0.1, 0.15) is 22.3 Å². The minimum Gasteiger partial charge on any atom is -0.483 e. The van der Waals surface area contributed by atoms with Crippen molar-refractivity contribution in [1.29, 1.82) is 0 Å². The van der Waals surface area contributed by atoms with Crippen LogP contribution in [-0.4, -0.2) is 23.3 Å². The van der Waals surface area contributed by atoms with Crippen molar-refractivity contribution in [3.63, 3.8) is 0 Å². The predicted octanol–water partition coefficient (Wildman–Crippen LogP) is 4.84. The lowest BCUT2D eigenvalue weighted by molar-refractivity contribution is -0.123. The summed E-state index contributed by atoms with van der Waals surface area (Å²) in [5, 5.41) is 5.23. The molecule has 1 aromatic heterocycles. The molecule has 4 rings (SSSR count). The molecule has 156 valence electrons. The number of carbonyl (C=O) groups is 1. The summed E-state index contributed by atoms with van der Waals surface area (Å²) in [6.07, 6.45) is 3.74. The summed E-state index contributed by atoms with van der Waals surface area (Å²) in [7, 11) is 0. The zero-order valence-electron chi connectivity index (χ0n) is 17.7. The molecular formula is C26H25N3O2. The van der Waals surface area contributed by atoms with Gasteiger partial charge in [0.1, 0.15) is 5.75 Å². The first-order valence-electron chi connectivity index (χ1n) is 10.2. The number of aromatic nitrogens is 1. The van der Waals surface area contributed by atoms with E-state index >= 15 is 0 Å². The Morgan fingerprint density at radius 2 is 1.77 bits per heavy atom. The molecule has 4 aromatic rings. The Morgan fingerprint density at radius 1 is 1.00 bits per heavy atom. The highest BCUT2D eigenvalue weighted by molar-refractivity contribution is 5.99. The number of benzene rings is 3. The second-order valence-electron chi connectivity index (χ2n) is 7.49. The van der Waals surface area contributed by atoms with Gasteiger partial charge in [-0.15, -0.1) is 0 Å². The number of para-hydroxylation sites is 1. The number of hydrazone groups is 1. The number of fused-ring (bicyclic) bond motifs is 1. The molecule has 0 saturated carbocycles. The predicted molar refractivity (Wildman–Crippen MR) is 125 cm³/mol. The third kappa shape index (κ3) is 4.83. The van der Waals surface area contributed by atoms with Crippen LogP contribution in [0.15, 0.2) is 84.1 Å². The lowest BCUT2D eigenvalue weighted by Crippen LogP contribution is -2.24. The number of nitrogens with zero attached hydrogens (tertiary/aromatic N) is 2. The Hall–Kier alpha value is -3.86. The maximum atomic E-state index is 12.2. The van der Waals surface area contributed by atoms with E-state index in [2.05, 4.69) is 45.6 Å². The van der Waals surface area contributed by atoms with E-state index in [4.69, 9.17) is 4.74 Å². The molecule has 0 spiro atoms. The average molecular weight is 412 g/mol. The monoisotopic (exact) mass is 411 g/mol. The summed E-state index contributed by atoms with van der Waals surface area (Å²) < 4.78 is 7.82. The average Bonchev–Trinajstić information content (AvgIpc) is 3.13. The van der Waals surface area contributed by atoms with Gasteiger partial charge in [0.2, 0.25) is 0 Å². The number of carbonyl (C=O) groups excluding carboxylic acids is 1. The Kier molecular flexibility index (Phi) is 6.13. The van der Waals surface area contributed by atoms with Crippen molar-refractivity contribution < 1.29 is 9.53 Å². The molecule has 31 heavy (non-hydrogen) atoms. The van der Waals surface area contributed by atoms with Gasteiger partial charge < -0.3 is 9.30 Å². The Morgan fingerprint density at radius 3 is 2.61 bits per heavy atom. The van der Waals surface area contributed by atoms with E-state index < -0.39 is 0 Å². The van der Waals surface area contributed by atoms with Crippen LogP contribution in [-0.2, 0) is 11.3 Å². The number of hydrogen-bond donors (Lipinski definition) is 1. The molecule has 1 heterocycles. The molecule has 0 atom stereocenters. The first kappa shape index (κ1) is 20.4. The van der Waals surface area contributed by atoms with Crippen LogP contribution in [0, 0.1) is 13.8 Å². The molecule has 5 heteroatoms. The molecule has 0 aliphatic heterocycles. The number of rotatable bonds is 7. The molecule has 3 aromatic carbocycles. The van der Waals surface area contributed by atoms with Crippen molar-refractivity contribution in [3.8, 4) is 5.75 Å². The Labute approximate surface area is 182 Å². The van der Waals surface area contributed by atoms with Crippen LogP contribution in [0.3, 0.4) is 0 Å². The van der Waals surface area contributed by atoms with Crippen molar-refractivity contribution in [2.45, 2.75) is 20.4 Å². The van der Waals surface area contributed by atoms with Crippen LogP contribution < -0.4 is 10.2 Å². The highest BCUT2D eigenvalue weighted by Crippen LogP contribution is 2.22. The quantitative estimate of drug-likeness (QED) is 0.350. The van der Waals surface area contributed by atoms with Gasteiger partial charge in [-0.3, -0.25) is 4.79 Å². The van der Waals surface area contributed by atoms with Crippen LogP contribution in [0.25, 0.3) is 10.9 Å². The van der Waals surface area contributed by atoms with Crippen molar-refractivity contribution >= 4 is 23.0 Å².